The van der Waals surface area contributed by atoms with Crippen molar-refractivity contribution in [3.05, 3.63) is 28.3 Å². The molecule has 0 unspecified atom stereocenters. The van der Waals surface area contributed by atoms with Gasteiger partial charge in [-0.2, -0.15) is 11.3 Å². The van der Waals surface area contributed by atoms with Crippen LogP contribution in [0.1, 0.15) is 11.5 Å². The second-order valence-electron chi connectivity index (χ2n) is 2.77. The summed E-state index contributed by atoms with van der Waals surface area (Å²) < 4.78 is 1.02. The molecule has 0 saturated carbocycles. The van der Waals surface area contributed by atoms with Gasteiger partial charge in [0.2, 0.25) is 5.69 Å². The van der Waals surface area contributed by atoms with Crippen LogP contribution in [0.5, 0.6) is 0 Å². The molecule has 0 spiro atoms. The summed E-state index contributed by atoms with van der Waals surface area (Å²) in [5, 5.41) is 1.83. The summed E-state index contributed by atoms with van der Waals surface area (Å²) in [6, 6.07) is 0. The van der Waals surface area contributed by atoms with E-state index in [1.54, 1.807) is 0 Å². The van der Waals surface area contributed by atoms with Crippen molar-refractivity contribution in [1.29, 1.82) is 0 Å². The van der Waals surface area contributed by atoms with Crippen LogP contribution in [0.25, 0.3) is 15.1 Å². The van der Waals surface area contributed by atoms with Crippen molar-refractivity contribution in [2.75, 3.05) is 0 Å². The van der Waals surface area contributed by atoms with E-state index in [0.29, 0.717) is 5.69 Å². The topological polar surface area (TPSA) is 30.1 Å². The van der Waals surface area contributed by atoms with Gasteiger partial charge in [0.25, 0.3) is 0 Å². The van der Waals surface area contributed by atoms with Gasteiger partial charge in [-0.25, -0.2) is 14.8 Å². The van der Waals surface area contributed by atoms with E-state index >= 15 is 0 Å². The molecular weight excluding hydrogens is 182 g/mol. The molecule has 64 valence electrons. The SMILES string of the molecule is [C-]#[N+]c1csc2c(C)nc(C)nc12. The lowest BCUT2D eigenvalue weighted by atomic mass is 10.3. The number of thiophene rings is 1. The Morgan fingerprint density at radius 1 is 1.38 bits per heavy atom. The number of hydrogen-bond donors (Lipinski definition) is 0. The van der Waals surface area contributed by atoms with E-state index in [-0.39, 0.29) is 0 Å². The smallest absolute Gasteiger partial charge is 0.223 e. The molecule has 13 heavy (non-hydrogen) atoms. The quantitative estimate of drug-likeness (QED) is 0.596. The van der Waals surface area contributed by atoms with Crippen molar-refractivity contribution in [3.63, 3.8) is 0 Å². The number of nitrogens with zero attached hydrogens (tertiary/aromatic N) is 3. The van der Waals surface area contributed by atoms with Crippen LogP contribution in [-0.2, 0) is 0 Å². The average molecular weight is 189 g/mol. The lowest BCUT2D eigenvalue weighted by Gasteiger charge is -1.96. The van der Waals surface area contributed by atoms with E-state index in [9.17, 15) is 0 Å². The lowest BCUT2D eigenvalue weighted by Crippen LogP contribution is -1.89. The van der Waals surface area contributed by atoms with Crippen LogP contribution >= 0.6 is 11.3 Å². The van der Waals surface area contributed by atoms with Crippen LogP contribution in [0, 0.1) is 20.4 Å². The molecule has 0 aliphatic carbocycles. The predicted octanol–water partition coefficient (Wildman–Crippen LogP) is 2.86. The molecule has 0 bridgehead atoms. The monoisotopic (exact) mass is 189 g/mol. The summed E-state index contributed by atoms with van der Waals surface area (Å²) in [4.78, 5) is 11.9. The largest absolute Gasteiger partial charge is 0.244 e. The van der Waals surface area contributed by atoms with Gasteiger partial charge < -0.3 is 0 Å². The van der Waals surface area contributed by atoms with E-state index in [0.717, 1.165) is 21.7 Å². The van der Waals surface area contributed by atoms with Gasteiger partial charge in [0, 0.05) is 0 Å². The van der Waals surface area contributed by atoms with E-state index in [2.05, 4.69) is 14.8 Å². The second-order valence-corrected chi connectivity index (χ2v) is 3.65. The van der Waals surface area contributed by atoms with Crippen molar-refractivity contribution in [2.45, 2.75) is 13.8 Å². The van der Waals surface area contributed by atoms with Crippen LogP contribution in [0.3, 0.4) is 0 Å². The summed E-state index contributed by atoms with van der Waals surface area (Å²) in [5.74, 6) is 0.730. The maximum Gasteiger partial charge on any atom is 0.223 e. The second kappa shape index (κ2) is 2.79. The van der Waals surface area contributed by atoms with Gasteiger partial charge in [-0.3, -0.25) is 0 Å². The van der Waals surface area contributed by atoms with Crippen molar-refractivity contribution >= 4 is 27.2 Å². The summed E-state index contributed by atoms with van der Waals surface area (Å²) >= 11 is 1.54. The number of fused-ring (bicyclic) bond motifs is 1. The van der Waals surface area contributed by atoms with Gasteiger partial charge in [0.05, 0.1) is 22.5 Å². The van der Waals surface area contributed by atoms with Crippen LogP contribution < -0.4 is 0 Å². The first-order valence-corrected chi connectivity index (χ1v) is 4.70. The third kappa shape index (κ3) is 1.18. The first kappa shape index (κ1) is 8.14. The molecule has 0 saturated heterocycles. The Morgan fingerprint density at radius 2 is 2.15 bits per heavy atom. The number of aromatic nitrogens is 2. The van der Waals surface area contributed by atoms with Gasteiger partial charge in [-0.05, 0) is 19.2 Å². The molecular formula is C9H7N3S. The Bertz CT molecular complexity index is 507. The van der Waals surface area contributed by atoms with Gasteiger partial charge in [-0.15, -0.1) is 0 Å². The van der Waals surface area contributed by atoms with E-state index in [4.69, 9.17) is 6.57 Å². The van der Waals surface area contributed by atoms with Gasteiger partial charge in [0.15, 0.2) is 0 Å². The molecule has 2 aromatic rings. The average Bonchev–Trinajstić information content (AvgIpc) is 2.47. The molecule has 0 aliphatic rings. The highest BCUT2D eigenvalue weighted by atomic mass is 32.1. The molecule has 0 atom stereocenters. The fourth-order valence-electron chi connectivity index (χ4n) is 1.27. The number of aryl methyl sites for hydroxylation is 2. The first-order chi connectivity index (χ1) is 6.22. The highest BCUT2D eigenvalue weighted by Crippen LogP contribution is 2.32. The Balaban J connectivity index is 2.92. The molecule has 0 amide bonds. The van der Waals surface area contributed by atoms with Crippen molar-refractivity contribution in [3.8, 4) is 0 Å². The number of rotatable bonds is 0. The summed E-state index contributed by atoms with van der Waals surface area (Å²) in [7, 11) is 0. The number of hydrogen-bond acceptors (Lipinski definition) is 3. The van der Waals surface area contributed by atoms with E-state index in [1.807, 2.05) is 19.2 Å². The van der Waals surface area contributed by atoms with Crippen molar-refractivity contribution < 1.29 is 0 Å². The van der Waals surface area contributed by atoms with E-state index in [1.165, 1.54) is 11.3 Å². The van der Waals surface area contributed by atoms with Gasteiger partial charge in [0.1, 0.15) is 5.82 Å². The van der Waals surface area contributed by atoms with Crippen molar-refractivity contribution in [2.24, 2.45) is 0 Å². The first-order valence-electron chi connectivity index (χ1n) is 3.82. The molecule has 2 aromatic heterocycles. The summed E-state index contributed by atoms with van der Waals surface area (Å²) in [6.07, 6.45) is 0. The lowest BCUT2D eigenvalue weighted by molar-refractivity contribution is 1.06. The molecule has 0 aromatic carbocycles. The van der Waals surface area contributed by atoms with Crippen LogP contribution in [0.2, 0.25) is 0 Å². The molecule has 2 heterocycles. The maximum absolute atomic E-state index is 6.95. The molecule has 0 N–H and O–H groups in total. The highest BCUT2D eigenvalue weighted by Gasteiger charge is 2.08. The van der Waals surface area contributed by atoms with Crippen LogP contribution in [-0.4, -0.2) is 9.97 Å². The normalized spacial score (nSPS) is 10.2. The fourth-order valence-corrected chi connectivity index (χ4v) is 2.14. The predicted molar refractivity (Wildman–Crippen MR) is 53.2 cm³/mol. The zero-order chi connectivity index (χ0) is 9.42. The molecule has 0 aliphatic heterocycles. The molecule has 4 heteroatoms. The summed E-state index contributed by atoms with van der Waals surface area (Å²) in [5.41, 5.74) is 2.39. The maximum atomic E-state index is 6.95. The van der Waals surface area contributed by atoms with Gasteiger partial charge in [-0.1, -0.05) is 0 Å². The zero-order valence-corrected chi connectivity index (χ0v) is 8.14. The fraction of sp³-hybridized carbons (Fsp3) is 0.222. The Hall–Kier alpha value is -1.47. The van der Waals surface area contributed by atoms with E-state index < -0.39 is 0 Å². The Morgan fingerprint density at radius 3 is 2.85 bits per heavy atom. The van der Waals surface area contributed by atoms with Gasteiger partial charge >= 0.3 is 0 Å². The minimum absolute atomic E-state index is 0.633. The zero-order valence-electron chi connectivity index (χ0n) is 7.33. The minimum Gasteiger partial charge on any atom is -0.244 e. The standard InChI is InChI=1S/C9H7N3S/c1-5-9-8(12-6(2)11-5)7(10-3)4-13-9/h4H,1-2H3. The third-order valence-electron chi connectivity index (χ3n) is 1.80. The van der Waals surface area contributed by atoms with Crippen molar-refractivity contribution in [1.82, 2.24) is 9.97 Å². The highest BCUT2D eigenvalue weighted by molar-refractivity contribution is 7.18. The van der Waals surface area contributed by atoms with Crippen LogP contribution in [0.4, 0.5) is 5.69 Å². The Kier molecular flexibility index (Phi) is 1.74. The molecule has 2 rings (SSSR count). The molecule has 0 radical (unpaired) electrons. The Labute approximate surface area is 79.9 Å². The van der Waals surface area contributed by atoms with Crippen LogP contribution in [0.15, 0.2) is 5.38 Å². The molecule has 3 nitrogen and oxygen atoms in total. The third-order valence-corrected chi connectivity index (χ3v) is 2.86. The molecule has 0 fully saturated rings. The summed E-state index contributed by atoms with van der Waals surface area (Å²) in [6.45, 7) is 10.7. The minimum atomic E-state index is 0.633.